The summed E-state index contributed by atoms with van der Waals surface area (Å²) in [7, 11) is 0. The van der Waals surface area contributed by atoms with Gasteiger partial charge in [0.15, 0.2) is 0 Å². The Kier molecular flexibility index (Phi) is 26.1. The van der Waals surface area contributed by atoms with E-state index < -0.39 is 17.9 Å². The van der Waals surface area contributed by atoms with Crippen molar-refractivity contribution in [2.45, 2.75) is 129 Å². The maximum Gasteiger partial charge on any atom is 0.306 e. The first kappa shape index (κ1) is 37.0. The third kappa shape index (κ3) is 27.4. The smallest absolute Gasteiger partial charge is 0.306 e. The molecule has 0 aromatic rings. The first-order valence-electron chi connectivity index (χ1n) is 15.2. The van der Waals surface area contributed by atoms with Gasteiger partial charge in [0.05, 0.1) is 25.7 Å². The van der Waals surface area contributed by atoms with E-state index in [1.165, 1.54) is 51.4 Å². The summed E-state index contributed by atoms with van der Waals surface area (Å²) in [6.07, 6.45) is 16.6. The van der Waals surface area contributed by atoms with Gasteiger partial charge >= 0.3 is 11.9 Å². The van der Waals surface area contributed by atoms with E-state index in [-0.39, 0.29) is 37.4 Å². The number of Topliss-reactive ketones (excluding diaryl/α,β-unsaturated/α-hetero) is 1. The fraction of sp³-hybridized carbons (Fsp3) is 0.867. The van der Waals surface area contributed by atoms with Crippen molar-refractivity contribution in [3.63, 3.8) is 0 Å². The second-order valence-corrected chi connectivity index (χ2v) is 10.3. The Hall–Kier alpha value is -2.00. The van der Waals surface area contributed by atoms with Crippen LogP contribution in [-0.2, 0) is 28.7 Å². The number of rotatable bonds is 30. The van der Waals surface area contributed by atoms with Gasteiger partial charge in [-0.25, -0.2) is 0 Å². The minimum atomic E-state index is -1.02. The van der Waals surface area contributed by atoms with Crippen molar-refractivity contribution in [1.82, 2.24) is 5.32 Å². The normalized spacial score (nSPS) is 11.8. The highest BCUT2D eigenvalue weighted by atomic mass is 16.5. The standard InChI is InChI=1S/C30H55NO8/c1-2-38-23-24-39-22-21-31-28(33)20-19-26(30(36)37)25-27(32)17-15-13-11-9-7-5-3-4-6-8-10-12-14-16-18-29(34)35/h26H,2-25H2,1H3,(H,31,33)(H,34,35)(H,36,37). The van der Waals surface area contributed by atoms with Crippen molar-refractivity contribution >= 4 is 23.6 Å². The van der Waals surface area contributed by atoms with Gasteiger partial charge in [-0.1, -0.05) is 77.0 Å². The number of unbranched alkanes of at least 4 members (excludes halogenated alkanes) is 13. The van der Waals surface area contributed by atoms with Gasteiger partial charge < -0.3 is 25.0 Å². The lowest BCUT2D eigenvalue weighted by molar-refractivity contribution is -0.144. The molecule has 0 bridgehead atoms. The monoisotopic (exact) mass is 557 g/mol. The van der Waals surface area contributed by atoms with Crippen LogP contribution in [0, 0.1) is 5.92 Å². The molecule has 0 rings (SSSR count). The van der Waals surface area contributed by atoms with Crippen LogP contribution < -0.4 is 5.32 Å². The molecule has 0 saturated carbocycles. The average Bonchev–Trinajstić information content (AvgIpc) is 2.89. The van der Waals surface area contributed by atoms with Crippen LogP contribution in [0.15, 0.2) is 0 Å². The van der Waals surface area contributed by atoms with Crippen LogP contribution in [0.4, 0.5) is 0 Å². The molecule has 0 aliphatic heterocycles. The zero-order valence-corrected chi connectivity index (χ0v) is 24.4. The fourth-order valence-electron chi connectivity index (χ4n) is 4.43. The Bertz CT molecular complexity index is 640. The molecule has 0 aliphatic carbocycles. The predicted octanol–water partition coefficient (Wildman–Crippen LogP) is 5.92. The van der Waals surface area contributed by atoms with E-state index in [1.54, 1.807) is 0 Å². The summed E-state index contributed by atoms with van der Waals surface area (Å²) in [6.45, 7) is 4.26. The summed E-state index contributed by atoms with van der Waals surface area (Å²) in [6, 6.07) is 0. The van der Waals surface area contributed by atoms with E-state index >= 15 is 0 Å². The van der Waals surface area contributed by atoms with Crippen molar-refractivity contribution in [3.05, 3.63) is 0 Å². The van der Waals surface area contributed by atoms with E-state index in [2.05, 4.69) is 5.32 Å². The molecule has 0 saturated heterocycles. The molecule has 0 aromatic heterocycles. The maximum absolute atomic E-state index is 12.3. The molecule has 39 heavy (non-hydrogen) atoms. The summed E-state index contributed by atoms with van der Waals surface area (Å²) in [4.78, 5) is 46.2. The Labute approximate surface area is 235 Å². The number of ether oxygens (including phenoxy) is 2. The third-order valence-electron chi connectivity index (χ3n) is 6.78. The van der Waals surface area contributed by atoms with E-state index in [4.69, 9.17) is 14.6 Å². The molecule has 0 spiro atoms. The minimum absolute atomic E-state index is 0.00844. The Morgan fingerprint density at radius 3 is 1.62 bits per heavy atom. The molecule has 0 fully saturated rings. The number of hydrogen-bond donors (Lipinski definition) is 3. The topological polar surface area (TPSA) is 139 Å². The molecule has 9 heteroatoms. The molecule has 0 aromatic carbocycles. The van der Waals surface area contributed by atoms with Gasteiger partial charge in [-0.05, 0) is 26.2 Å². The van der Waals surface area contributed by atoms with Gasteiger partial charge in [0, 0.05) is 38.8 Å². The fourth-order valence-corrected chi connectivity index (χ4v) is 4.43. The first-order chi connectivity index (χ1) is 18.9. The number of ketones is 1. The van der Waals surface area contributed by atoms with Crippen molar-refractivity contribution in [2.24, 2.45) is 5.92 Å². The molecule has 0 aliphatic rings. The van der Waals surface area contributed by atoms with E-state index in [0.29, 0.717) is 39.4 Å². The predicted molar refractivity (Wildman–Crippen MR) is 152 cm³/mol. The van der Waals surface area contributed by atoms with Gasteiger partial charge in [0.1, 0.15) is 5.78 Å². The molecule has 3 N–H and O–H groups in total. The molecule has 1 atom stereocenters. The van der Waals surface area contributed by atoms with Crippen molar-refractivity contribution < 1.29 is 38.9 Å². The number of carboxylic acid groups (broad SMARTS) is 2. The quantitative estimate of drug-likeness (QED) is 0.0925. The summed E-state index contributed by atoms with van der Waals surface area (Å²) in [5.41, 5.74) is 0. The van der Waals surface area contributed by atoms with Gasteiger partial charge in [-0.2, -0.15) is 0 Å². The van der Waals surface area contributed by atoms with Gasteiger partial charge in [0.2, 0.25) is 5.91 Å². The van der Waals surface area contributed by atoms with Gasteiger partial charge in [-0.15, -0.1) is 0 Å². The number of amides is 1. The summed E-state index contributed by atoms with van der Waals surface area (Å²) >= 11 is 0. The number of carbonyl (C=O) groups is 4. The minimum Gasteiger partial charge on any atom is -0.481 e. The Balaban J connectivity index is 3.63. The Morgan fingerprint density at radius 1 is 0.641 bits per heavy atom. The maximum atomic E-state index is 12.3. The lowest BCUT2D eigenvalue weighted by atomic mass is 9.94. The van der Waals surface area contributed by atoms with Crippen LogP contribution in [0.3, 0.4) is 0 Å². The number of aliphatic carboxylic acids is 2. The zero-order valence-electron chi connectivity index (χ0n) is 24.4. The lowest BCUT2D eigenvalue weighted by Crippen LogP contribution is -2.29. The molecule has 9 nitrogen and oxygen atoms in total. The summed E-state index contributed by atoms with van der Waals surface area (Å²) in [5, 5.41) is 20.8. The van der Waals surface area contributed by atoms with Crippen LogP contribution in [0.1, 0.15) is 129 Å². The van der Waals surface area contributed by atoms with Crippen LogP contribution in [0.25, 0.3) is 0 Å². The second-order valence-electron chi connectivity index (χ2n) is 10.3. The molecule has 1 amide bonds. The molecule has 228 valence electrons. The van der Waals surface area contributed by atoms with Crippen molar-refractivity contribution in [2.75, 3.05) is 33.0 Å². The van der Waals surface area contributed by atoms with E-state index in [0.717, 1.165) is 38.5 Å². The molecular formula is C30H55NO8. The molecule has 0 radical (unpaired) electrons. The SMILES string of the molecule is CCOCCOCCNC(=O)CCC(CC(=O)CCCCCCCCCCCCCCCCC(=O)O)C(=O)O. The second kappa shape index (κ2) is 27.6. The van der Waals surface area contributed by atoms with Crippen molar-refractivity contribution in [3.8, 4) is 0 Å². The van der Waals surface area contributed by atoms with Crippen molar-refractivity contribution in [1.29, 1.82) is 0 Å². The highest BCUT2D eigenvalue weighted by Gasteiger charge is 2.22. The van der Waals surface area contributed by atoms with Gasteiger partial charge in [0.25, 0.3) is 0 Å². The van der Waals surface area contributed by atoms with E-state index in [9.17, 15) is 24.3 Å². The number of nitrogens with one attached hydrogen (secondary N) is 1. The molecule has 0 heterocycles. The number of carbonyl (C=O) groups excluding carboxylic acids is 2. The zero-order chi connectivity index (χ0) is 29.0. The summed E-state index contributed by atoms with van der Waals surface area (Å²) < 4.78 is 10.5. The van der Waals surface area contributed by atoms with Crippen LogP contribution in [-0.4, -0.2) is 66.8 Å². The van der Waals surface area contributed by atoms with Crippen LogP contribution >= 0.6 is 0 Å². The number of carboxylic acids is 2. The lowest BCUT2D eigenvalue weighted by Gasteiger charge is -2.12. The molecular weight excluding hydrogens is 502 g/mol. The molecule has 1 unspecified atom stereocenters. The summed E-state index contributed by atoms with van der Waals surface area (Å²) in [5.74, 6) is -2.80. The third-order valence-corrected chi connectivity index (χ3v) is 6.78. The highest BCUT2D eigenvalue weighted by Crippen LogP contribution is 2.17. The van der Waals surface area contributed by atoms with Crippen LogP contribution in [0.5, 0.6) is 0 Å². The Morgan fingerprint density at radius 2 is 1.13 bits per heavy atom. The van der Waals surface area contributed by atoms with Gasteiger partial charge in [-0.3, -0.25) is 19.2 Å². The average molecular weight is 558 g/mol. The largest absolute Gasteiger partial charge is 0.481 e. The number of hydrogen-bond acceptors (Lipinski definition) is 6. The first-order valence-corrected chi connectivity index (χ1v) is 15.2. The van der Waals surface area contributed by atoms with E-state index in [1.807, 2.05) is 6.92 Å². The highest BCUT2D eigenvalue weighted by molar-refractivity contribution is 5.84. The van der Waals surface area contributed by atoms with Crippen LogP contribution in [0.2, 0.25) is 0 Å².